The number of rotatable bonds is 3. The fraction of sp³-hybridized carbons (Fsp3) is 0.578. The fourth-order valence-electron chi connectivity index (χ4n) is 9.08. The van der Waals surface area contributed by atoms with E-state index in [9.17, 15) is 39.9 Å². The van der Waals surface area contributed by atoms with Crippen LogP contribution >= 0.6 is 0 Å². The number of nitrogens with one attached hydrogen (secondary N) is 1. The topological polar surface area (TPSA) is 229 Å². The van der Waals surface area contributed by atoms with Crippen LogP contribution in [0, 0.1) is 30.6 Å². The van der Waals surface area contributed by atoms with Gasteiger partial charge in [-0.15, -0.1) is 0 Å². The van der Waals surface area contributed by atoms with Crippen molar-refractivity contribution in [3.8, 4) is 17.2 Å². The SMILES string of the molecule is CCC(=O)N1CCC2(CC1)N=c1c3c(O)c4c(O)c(C)c5c(c4c1=N2)C(O)[C@@](C)(O/C=C/[C@H](OC)[C@@H](C)[C@@H](OC(C)=O)[C@H](C)[C@H](O)[C@H](C)[C@@H](O)[C@@H](C)/C=C/C=C(/C)C(=O)N3)O5. The molecular weight excluding hydrogens is 789 g/mol. The first kappa shape index (κ1) is 45.5. The monoisotopic (exact) mass is 848 g/mol. The molecule has 1 spiro atoms. The summed E-state index contributed by atoms with van der Waals surface area (Å²) in [5, 5.41) is 62.3. The number of aliphatic hydroxyl groups is 3. The number of phenols is 2. The van der Waals surface area contributed by atoms with Gasteiger partial charge in [0.25, 0.3) is 11.7 Å². The molecule has 2 aromatic rings. The maximum absolute atomic E-state index is 13.9. The summed E-state index contributed by atoms with van der Waals surface area (Å²) in [6.45, 7) is 15.5. The molecule has 0 radical (unpaired) electrons. The number of amides is 2. The van der Waals surface area contributed by atoms with Crippen LogP contribution in [0.4, 0.5) is 5.69 Å². The third kappa shape index (κ3) is 8.22. The summed E-state index contributed by atoms with van der Waals surface area (Å²) >= 11 is 0. The molecular formula is C45H60N4O12. The summed E-state index contributed by atoms with van der Waals surface area (Å²) in [6, 6.07) is 0. The summed E-state index contributed by atoms with van der Waals surface area (Å²) in [6.07, 6.45) is 3.44. The molecule has 332 valence electrons. The normalized spacial score (nSPS) is 33.4. The largest absolute Gasteiger partial charge is 0.507 e. The summed E-state index contributed by atoms with van der Waals surface area (Å²) in [7, 11) is 1.47. The minimum absolute atomic E-state index is 0.00156. The van der Waals surface area contributed by atoms with Crippen LogP contribution in [-0.2, 0) is 28.6 Å². The molecule has 6 N–H and O–H groups in total. The zero-order chi connectivity index (χ0) is 44.9. The standard InChI is InChI=1S/C45H60N4O12/c1-11-29(51)49-18-16-45(17-19-49)47-33-30-31-38(54)26(7)41-32(30)42(56)44(9,61-41)59-20-15-28(58-10)23(4)40(60-27(8)50)25(6)37(53)24(5)36(52)21(2)13-12-14-22(3)43(57)46-35(39(31)55)34(33)48-45/h12-15,20-21,23-25,28,36-37,40,42,52-56H,11,16-19H2,1-10H3,(H,46,57)/b13-12+,20-15+,22-14-/t21-,23+,24+,25+,28-,36-,37+,40+,42?,44-/m0/s1. The Balaban J connectivity index is 1.54. The first-order chi connectivity index (χ1) is 28.7. The predicted octanol–water partition coefficient (Wildman–Crippen LogP) is 3.88. The van der Waals surface area contributed by atoms with Crippen molar-refractivity contribution in [1.82, 2.24) is 4.90 Å². The summed E-state index contributed by atoms with van der Waals surface area (Å²) in [5.74, 6) is -6.14. The molecule has 1 saturated heterocycles. The van der Waals surface area contributed by atoms with Crippen molar-refractivity contribution in [3.05, 3.63) is 58.0 Å². The van der Waals surface area contributed by atoms with E-state index in [-0.39, 0.29) is 61.3 Å². The third-order valence-corrected chi connectivity index (χ3v) is 13.0. The van der Waals surface area contributed by atoms with Gasteiger partial charge in [0.2, 0.25) is 5.91 Å². The minimum Gasteiger partial charge on any atom is -0.507 e. The molecule has 2 aromatic carbocycles. The van der Waals surface area contributed by atoms with Crippen molar-refractivity contribution in [2.45, 2.75) is 124 Å². The number of carbonyl (C=O) groups is 3. The quantitative estimate of drug-likeness (QED) is 0.191. The Labute approximate surface area is 355 Å². The lowest BCUT2D eigenvalue weighted by atomic mass is 9.78. The number of phenolic OH excluding ortho intramolecular Hbond substituents is 2. The van der Waals surface area contributed by atoms with Crippen LogP contribution in [0.25, 0.3) is 10.8 Å². The zero-order valence-electron chi connectivity index (χ0n) is 36.6. The molecule has 10 atom stereocenters. The number of allylic oxidation sites excluding steroid dienone is 2. The molecule has 0 saturated carbocycles. The Bertz CT molecular complexity index is 2300. The van der Waals surface area contributed by atoms with Gasteiger partial charge in [-0.3, -0.25) is 24.4 Å². The van der Waals surface area contributed by atoms with Gasteiger partial charge in [0.15, 0.2) is 17.5 Å². The molecule has 1 fully saturated rings. The van der Waals surface area contributed by atoms with E-state index in [0.717, 1.165) is 0 Å². The van der Waals surface area contributed by atoms with Gasteiger partial charge in [-0.1, -0.05) is 52.8 Å². The Morgan fingerprint density at radius 3 is 2.23 bits per heavy atom. The van der Waals surface area contributed by atoms with E-state index in [1.54, 1.807) is 77.7 Å². The van der Waals surface area contributed by atoms with Gasteiger partial charge in [0.05, 0.1) is 35.3 Å². The second kappa shape index (κ2) is 17.4. The lowest BCUT2D eigenvalue weighted by Crippen LogP contribution is -2.46. The molecule has 16 heteroatoms. The van der Waals surface area contributed by atoms with E-state index < -0.39 is 83.3 Å². The maximum Gasteiger partial charge on any atom is 0.302 e. The van der Waals surface area contributed by atoms with E-state index in [2.05, 4.69) is 5.32 Å². The van der Waals surface area contributed by atoms with Crippen molar-refractivity contribution in [3.63, 3.8) is 0 Å². The first-order valence-corrected chi connectivity index (χ1v) is 21.0. The highest BCUT2D eigenvalue weighted by atomic mass is 16.7. The molecule has 4 aliphatic heterocycles. The summed E-state index contributed by atoms with van der Waals surface area (Å²) < 4.78 is 24.1. The number of nitrogens with zero attached hydrogens (tertiary/aromatic N) is 3. The Kier molecular flexibility index (Phi) is 13.0. The van der Waals surface area contributed by atoms with Gasteiger partial charge in [0.1, 0.15) is 28.6 Å². The molecule has 0 aromatic heterocycles. The fourth-order valence-corrected chi connectivity index (χ4v) is 9.08. The van der Waals surface area contributed by atoms with Crippen LogP contribution in [0.5, 0.6) is 17.2 Å². The lowest BCUT2D eigenvalue weighted by molar-refractivity contribution is -0.181. The van der Waals surface area contributed by atoms with Gasteiger partial charge in [-0.25, -0.2) is 0 Å². The highest BCUT2D eigenvalue weighted by Gasteiger charge is 2.50. The van der Waals surface area contributed by atoms with E-state index in [0.29, 0.717) is 32.4 Å². The number of carbonyl (C=O) groups excluding carboxylic acids is 3. The van der Waals surface area contributed by atoms with Crippen LogP contribution in [0.15, 0.2) is 46.1 Å². The number of hydrogen-bond donors (Lipinski definition) is 6. The number of anilines is 1. The Hall–Kier alpha value is -5.03. The number of methoxy groups -OCH3 is 1. The number of esters is 1. The highest BCUT2D eigenvalue weighted by molar-refractivity contribution is 6.08. The van der Waals surface area contributed by atoms with E-state index in [1.807, 2.05) is 0 Å². The summed E-state index contributed by atoms with van der Waals surface area (Å²) in [5.41, 5.74) is -0.596. The van der Waals surface area contributed by atoms with Crippen molar-refractivity contribution in [1.29, 1.82) is 0 Å². The molecule has 2 amide bonds. The van der Waals surface area contributed by atoms with Gasteiger partial charge in [-0.05, 0) is 19.9 Å². The van der Waals surface area contributed by atoms with Gasteiger partial charge in [-0.2, -0.15) is 0 Å². The molecule has 6 rings (SSSR count). The molecule has 4 bridgehead atoms. The minimum atomic E-state index is -1.80. The molecule has 16 nitrogen and oxygen atoms in total. The number of ether oxygens (including phenoxy) is 4. The Morgan fingerprint density at radius 2 is 1.61 bits per heavy atom. The molecule has 1 unspecified atom stereocenters. The average Bonchev–Trinajstić information content (AvgIpc) is 3.73. The van der Waals surface area contributed by atoms with Crippen LogP contribution in [0.3, 0.4) is 0 Å². The highest BCUT2D eigenvalue weighted by Crippen LogP contribution is 2.54. The van der Waals surface area contributed by atoms with E-state index in [4.69, 9.17) is 28.9 Å². The number of likely N-dealkylation sites (tertiary alicyclic amines) is 1. The number of piperidine rings is 1. The van der Waals surface area contributed by atoms with Crippen LogP contribution in [0.1, 0.15) is 91.9 Å². The number of benzene rings is 2. The van der Waals surface area contributed by atoms with Crippen LogP contribution in [0.2, 0.25) is 0 Å². The van der Waals surface area contributed by atoms with Crippen molar-refractivity contribution in [2.75, 3.05) is 25.5 Å². The second-order valence-corrected chi connectivity index (χ2v) is 17.2. The van der Waals surface area contributed by atoms with Crippen molar-refractivity contribution >= 4 is 34.2 Å². The smallest absolute Gasteiger partial charge is 0.302 e. The van der Waals surface area contributed by atoms with Crippen molar-refractivity contribution in [2.24, 2.45) is 33.7 Å². The van der Waals surface area contributed by atoms with Gasteiger partial charge >= 0.3 is 5.97 Å². The molecule has 4 aliphatic rings. The number of fused-ring (bicyclic) bond motifs is 1. The van der Waals surface area contributed by atoms with E-state index in [1.165, 1.54) is 27.2 Å². The van der Waals surface area contributed by atoms with Gasteiger partial charge in [0, 0.05) is 99.1 Å². The number of aliphatic hydroxyl groups excluding tert-OH is 3. The number of aromatic hydroxyl groups is 2. The lowest BCUT2D eigenvalue weighted by Gasteiger charge is -2.38. The maximum atomic E-state index is 13.9. The van der Waals surface area contributed by atoms with Crippen LogP contribution in [-0.4, -0.2) is 104 Å². The van der Waals surface area contributed by atoms with Crippen LogP contribution < -0.4 is 20.8 Å². The zero-order valence-corrected chi connectivity index (χ0v) is 36.6. The number of hydrogen-bond acceptors (Lipinski definition) is 14. The van der Waals surface area contributed by atoms with Gasteiger partial charge < -0.3 is 54.7 Å². The van der Waals surface area contributed by atoms with E-state index >= 15 is 0 Å². The average molecular weight is 849 g/mol. The molecule has 4 heterocycles. The van der Waals surface area contributed by atoms with Crippen molar-refractivity contribution < 1.29 is 58.9 Å². The first-order valence-electron chi connectivity index (χ1n) is 21.0. The predicted molar refractivity (Wildman–Crippen MR) is 224 cm³/mol. The molecule has 61 heavy (non-hydrogen) atoms. The second-order valence-electron chi connectivity index (χ2n) is 17.2. The Morgan fingerprint density at radius 1 is 0.951 bits per heavy atom. The molecule has 0 aliphatic carbocycles. The summed E-state index contributed by atoms with van der Waals surface area (Å²) in [4.78, 5) is 50.8. The third-order valence-electron chi connectivity index (χ3n) is 13.0.